The van der Waals surface area contributed by atoms with Gasteiger partial charge in [-0.3, -0.25) is 0 Å². The number of halogens is 5. The highest BCUT2D eigenvalue weighted by atomic mass is 79.9. The SMILES string of the molecule is Cc1cc(C(Cl)c2cc(Br)ccc2F)c(Cl)cc1F. The fourth-order valence-electron chi connectivity index (χ4n) is 1.75. The van der Waals surface area contributed by atoms with Crippen molar-refractivity contribution < 1.29 is 8.78 Å². The van der Waals surface area contributed by atoms with Crippen LogP contribution >= 0.6 is 39.1 Å². The average molecular weight is 366 g/mol. The van der Waals surface area contributed by atoms with Crippen LogP contribution in [0.15, 0.2) is 34.8 Å². The summed E-state index contributed by atoms with van der Waals surface area (Å²) in [6, 6.07) is 7.22. The summed E-state index contributed by atoms with van der Waals surface area (Å²) >= 11 is 15.5. The number of alkyl halides is 1. The maximum absolute atomic E-state index is 13.8. The van der Waals surface area contributed by atoms with Crippen molar-refractivity contribution in [3.63, 3.8) is 0 Å². The van der Waals surface area contributed by atoms with Gasteiger partial charge in [0.1, 0.15) is 11.6 Å². The first-order valence-electron chi connectivity index (χ1n) is 5.44. The van der Waals surface area contributed by atoms with Crippen LogP contribution < -0.4 is 0 Å². The minimum Gasteiger partial charge on any atom is -0.207 e. The number of benzene rings is 2. The van der Waals surface area contributed by atoms with Gasteiger partial charge >= 0.3 is 0 Å². The molecule has 0 saturated carbocycles. The number of aryl methyl sites for hydroxylation is 1. The predicted octanol–water partition coefficient (Wildman–Crippen LogP) is 6.02. The summed E-state index contributed by atoms with van der Waals surface area (Å²) in [4.78, 5) is 0. The summed E-state index contributed by atoms with van der Waals surface area (Å²) in [6.07, 6.45) is 0. The lowest BCUT2D eigenvalue weighted by atomic mass is 10.0. The fourth-order valence-corrected chi connectivity index (χ4v) is 2.79. The van der Waals surface area contributed by atoms with Gasteiger partial charge < -0.3 is 0 Å². The van der Waals surface area contributed by atoms with Crippen LogP contribution in [-0.2, 0) is 0 Å². The van der Waals surface area contributed by atoms with E-state index < -0.39 is 17.0 Å². The van der Waals surface area contributed by atoms with Crippen molar-refractivity contribution >= 4 is 39.1 Å². The maximum Gasteiger partial charge on any atom is 0.128 e. The van der Waals surface area contributed by atoms with Crippen LogP contribution in [0.3, 0.4) is 0 Å². The number of hydrogen-bond acceptors (Lipinski definition) is 0. The molecule has 0 aromatic heterocycles. The molecule has 0 radical (unpaired) electrons. The Bertz CT molecular complexity index is 629. The van der Waals surface area contributed by atoms with Gasteiger partial charge in [-0.05, 0) is 48.4 Å². The van der Waals surface area contributed by atoms with Crippen LogP contribution in [0.2, 0.25) is 5.02 Å². The molecule has 0 spiro atoms. The second kappa shape index (κ2) is 5.78. The van der Waals surface area contributed by atoms with E-state index in [1.807, 2.05) is 0 Å². The monoisotopic (exact) mass is 364 g/mol. The molecule has 0 bridgehead atoms. The normalized spacial score (nSPS) is 12.5. The van der Waals surface area contributed by atoms with Crippen molar-refractivity contribution in [2.24, 2.45) is 0 Å². The highest BCUT2D eigenvalue weighted by Gasteiger charge is 2.19. The molecule has 0 heterocycles. The van der Waals surface area contributed by atoms with Crippen molar-refractivity contribution in [2.45, 2.75) is 12.3 Å². The Balaban J connectivity index is 2.52. The van der Waals surface area contributed by atoms with Crippen LogP contribution in [-0.4, -0.2) is 0 Å². The first-order valence-corrected chi connectivity index (χ1v) is 7.05. The van der Waals surface area contributed by atoms with Crippen molar-refractivity contribution in [1.29, 1.82) is 0 Å². The van der Waals surface area contributed by atoms with E-state index in [0.29, 0.717) is 21.2 Å². The molecule has 0 aliphatic heterocycles. The Morgan fingerprint density at radius 2 is 1.74 bits per heavy atom. The first-order chi connectivity index (χ1) is 8.90. The second-order valence-corrected chi connectivity index (χ2v) is 5.91. The molecule has 0 N–H and O–H groups in total. The minimum atomic E-state index is -0.774. The molecule has 0 amide bonds. The molecule has 0 saturated heterocycles. The summed E-state index contributed by atoms with van der Waals surface area (Å²) in [5, 5.41) is -0.591. The van der Waals surface area contributed by atoms with Gasteiger partial charge in [0.15, 0.2) is 0 Å². The van der Waals surface area contributed by atoms with E-state index >= 15 is 0 Å². The molecule has 2 aromatic carbocycles. The zero-order chi connectivity index (χ0) is 14.2. The second-order valence-electron chi connectivity index (χ2n) is 4.15. The van der Waals surface area contributed by atoms with Crippen LogP contribution in [0.4, 0.5) is 8.78 Å². The Morgan fingerprint density at radius 1 is 1.05 bits per heavy atom. The largest absolute Gasteiger partial charge is 0.207 e. The maximum atomic E-state index is 13.8. The lowest BCUT2D eigenvalue weighted by molar-refractivity contribution is 0.610. The van der Waals surface area contributed by atoms with E-state index in [1.165, 1.54) is 18.2 Å². The zero-order valence-electron chi connectivity index (χ0n) is 9.85. The highest BCUT2D eigenvalue weighted by Crippen LogP contribution is 2.37. The topological polar surface area (TPSA) is 0 Å². The standard InChI is InChI=1S/C14H9BrCl2F2/c1-7-4-9(11(16)6-13(7)19)14(17)10-5-8(15)2-3-12(10)18/h2-6,14H,1H3. The third-order valence-corrected chi connectivity index (χ3v) is 4.07. The van der Waals surface area contributed by atoms with E-state index in [9.17, 15) is 8.78 Å². The van der Waals surface area contributed by atoms with E-state index in [2.05, 4.69) is 15.9 Å². The van der Waals surface area contributed by atoms with Crippen LogP contribution in [0, 0.1) is 18.6 Å². The van der Waals surface area contributed by atoms with E-state index in [1.54, 1.807) is 19.1 Å². The quantitative estimate of drug-likeness (QED) is 0.571. The molecule has 19 heavy (non-hydrogen) atoms. The average Bonchev–Trinajstić information content (AvgIpc) is 2.36. The first kappa shape index (κ1) is 14.8. The third kappa shape index (κ3) is 3.10. The summed E-state index contributed by atoms with van der Waals surface area (Å²) < 4.78 is 27.9. The molecule has 1 atom stereocenters. The molecule has 0 nitrogen and oxygen atoms in total. The Labute approximate surface area is 128 Å². The van der Waals surface area contributed by atoms with Gasteiger partial charge in [0, 0.05) is 15.1 Å². The lowest BCUT2D eigenvalue weighted by Crippen LogP contribution is -2.00. The van der Waals surface area contributed by atoms with Gasteiger partial charge in [0.05, 0.1) is 5.38 Å². The van der Waals surface area contributed by atoms with Gasteiger partial charge in [-0.15, -0.1) is 11.6 Å². The summed E-state index contributed by atoms with van der Waals surface area (Å²) in [5.74, 6) is -0.839. The van der Waals surface area contributed by atoms with Gasteiger partial charge in [0.2, 0.25) is 0 Å². The lowest BCUT2D eigenvalue weighted by Gasteiger charge is -2.14. The van der Waals surface area contributed by atoms with Crippen molar-refractivity contribution in [1.82, 2.24) is 0 Å². The fraction of sp³-hybridized carbons (Fsp3) is 0.143. The molecule has 2 rings (SSSR count). The van der Waals surface area contributed by atoms with Crippen molar-refractivity contribution in [3.05, 3.63) is 68.2 Å². The molecule has 1 unspecified atom stereocenters. The summed E-state index contributed by atoms with van der Waals surface area (Å²) in [6.45, 7) is 1.61. The van der Waals surface area contributed by atoms with E-state index in [4.69, 9.17) is 23.2 Å². The van der Waals surface area contributed by atoms with Gasteiger partial charge in [0.25, 0.3) is 0 Å². The van der Waals surface area contributed by atoms with Gasteiger partial charge in [-0.2, -0.15) is 0 Å². The van der Waals surface area contributed by atoms with Crippen LogP contribution in [0.1, 0.15) is 22.1 Å². The molecule has 0 fully saturated rings. The van der Waals surface area contributed by atoms with E-state index in [0.717, 1.165) is 0 Å². The molecule has 2 aromatic rings. The Kier molecular flexibility index (Phi) is 4.49. The molecular weight excluding hydrogens is 357 g/mol. The van der Waals surface area contributed by atoms with Gasteiger partial charge in [-0.1, -0.05) is 27.5 Å². The summed E-state index contributed by atoms with van der Waals surface area (Å²) in [5.41, 5.74) is 1.20. The molecule has 5 heteroatoms. The Morgan fingerprint density at radius 3 is 2.42 bits per heavy atom. The minimum absolute atomic E-state index is 0.183. The van der Waals surface area contributed by atoms with E-state index in [-0.39, 0.29) is 5.02 Å². The predicted molar refractivity (Wildman–Crippen MR) is 77.9 cm³/mol. The molecular formula is C14H9BrCl2F2. The number of hydrogen-bond donors (Lipinski definition) is 0. The van der Waals surface area contributed by atoms with Crippen molar-refractivity contribution in [3.8, 4) is 0 Å². The van der Waals surface area contributed by atoms with Crippen LogP contribution in [0.25, 0.3) is 0 Å². The molecule has 0 aliphatic rings. The summed E-state index contributed by atoms with van der Waals surface area (Å²) in [7, 11) is 0. The number of rotatable bonds is 2. The zero-order valence-corrected chi connectivity index (χ0v) is 13.0. The third-order valence-electron chi connectivity index (χ3n) is 2.78. The highest BCUT2D eigenvalue weighted by molar-refractivity contribution is 9.10. The van der Waals surface area contributed by atoms with Crippen LogP contribution in [0.5, 0.6) is 0 Å². The smallest absolute Gasteiger partial charge is 0.128 e. The van der Waals surface area contributed by atoms with Crippen molar-refractivity contribution in [2.75, 3.05) is 0 Å². The Hall–Kier alpha value is -0.640. The molecule has 100 valence electrons. The van der Waals surface area contributed by atoms with Gasteiger partial charge in [-0.25, -0.2) is 8.78 Å². The molecule has 0 aliphatic carbocycles.